The van der Waals surface area contributed by atoms with Gasteiger partial charge in [-0.2, -0.15) is 0 Å². The number of rotatable bonds is 4. The van der Waals surface area contributed by atoms with Crippen LogP contribution in [0.15, 0.2) is 24.4 Å². The van der Waals surface area contributed by atoms with Gasteiger partial charge in [-0.05, 0) is 24.6 Å². The van der Waals surface area contributed by atoms with E-state index in [2.05, 4.69) is 11.9 Å². The topological polar surface area (TPSA) is 32.9 Å². The summed E-state index contributed by atoms with van der Waals surface area (Å²) in [5.41, 5.74) is 1.35. The number of hydrogen-bond donors (Lipinski definition) is 1. The van der Waals surface area contributed by atoms with Gasteiger partial charge in [0.05, 0.1) is 0 Å². The Bertz CT molecular complexity index is 544. The lowest BCUT2D eigenvalue weighted by Crippen LogP contribution is -2.10. The van der Waals surface area contributed by atoms with Crippen molar-refractivity contribution < 1.29 is 9.18 Å². The van der Waals surface area contributed by atoms with Gasteiger partial charge in [0.15, 0.2) is 5.78 Å². The van der Waals surface area contributed by atoms with Crippen LogP contribution in [0.5, 0.6) is 0 Å². The molecule has 2 aromatic rings. The second kappa shape index (κ2) is 4.70. The molecule has 0 amide bonds. The Labute approximate surface area is 99.8 Å². The van der Waals surface area contributed by atoms with E-state index < -0.39 is 0 Å². The van der Waals surface area contributed by atoms with Crippen molar-refractivity contribution in [1.82, 2.24) is 4.98 Å². The number of Topliss-reactive ketones (excluding diaryl/α,β-unsaturated/α-hetero) is 1. The van der Waals surface area contributed by atoms with E-state index in [1.165, 1.54) is 12.1 Å². The first-order valence-corrected chi connectivity index (χ1v) is 5.94. The lowest BCUT2D eigenvalue weighted by atomic mass is 9.95. The second-order valence-electron chi connectivity index (χ2n) is 4.45. The number of aromatic nitrogens is 1. The molecule has 0 saturated heterocycles. The smallest absolute Gasteiger partial charge is 0.167 e. The summed E-state index contributed by atoms with van der Waals surface area (Å²) in [6.45, 7) is 4.00. The molecule has 0 bridgehead atoms. The van der Waals surface area contributed by atoms with E-state index in [9.17, 15) is 9.18 Å². The van der Waals surface area contributed by atoms with Crippen LogP contribution >= 0.6 is 0 Å². The Balaban J connectivity index is 2.39. The standard InChI is InChI=1S/C14H16FNO/c1-3-4-9(2)14(17)12-8-16-13-7-10(15)5-6-11(12)13/h5-9,16H,3-4H2,1-2H3. The van der Waals surface area contributed by atoms with Crippen LogP contribution in [0.25, 0.3) is 10.9 Å². The number of fused-ring (bicyclic) bond motifs is 1. The van der Waals surface area contributed by atoms with Crippen molar-refractivity contribution in [2.45, 2.75) is 26.7 Å². The fourth-order valence-electron chi connectivity index (χ4n) is 2.13. The number of H-pyrrole nitrogens is 1. The van der Waals surface area contributed by atoms with Crippen LogP contribution < -0.4 is 0 Å². The molecule has 1 aromatic heterocycles. The highest BCUT2D eigenvalue weighted by Gasteiger charge is 2.17. The number of ketones is 1. The fraction of sp³-hybridized carbons (Fsp3) is 0.357. The Hall–Kier alpha value is -1.64. The largest absolute Gasteiger partial charge is 0.360 e. The van der Waals surface area contributed by atoms with Gasteiger partial charge in [0, 0.05) is 28.6 Å². The molecule has 1 atom stereocenters. The summed E-state index contributed by atoms with van der Waals surface area (Å²) in [4.78, 5) is 15.1. The van der Waals surface area contributed by atoms with Gasteiger partial charge in [-0.3, -0.25) is 4.79 Å². The van der Waals surface area contributed by atoms with Crippen LogP contribution in [0.4, 0.5) is 4.39 Å². The maximum absolute atomic E-state index is 13.0. The third-order valence-corrected chi connectivity index (χ3v) is 3.08. The first-order chi connectivity index (χ1) is 8.13. The van der Waals surface area contributed by atoms with E-state index in [0.29, 0.717) is 11.1 Å². The predicted octanol–water partition coefficient (Wildman–Crippen LogP) is 3.93. The Kier molecular flexibility index (Phi) is 3.27. The minimum absolute atomic E-state index is 0.0176. The van der Waals surface area contributed by atoms with Crippen molar-refractivity contribution in [3.05, 3.63) is 35.8 Å². The van der Waals surface area contributed by atoms with Gasteiger partial charge in [0.2, 0.25) is 0 Å². The fourth-order valence-corrected chi connectivity index (χ4v) is 2.13. The minimum Gasteiger partial charge on any atom is -0.360 e. The van der Waals surface area contributed by atoms with Gasteiger partial charge in [-0.15, -0.1) is 0 Å². The molecule has 1 heterocycles. The monoisotopic (exact) mass is 233 g/mol. The molecular formula is C14H16FNO. The third-order valence-electron chi connectivity index (χ3n) is 3.08. The molecule has 0 aliphatic carbocycles. The van der Waals surface area contributed by atoms with Crippen molar-refractivity contribution in [2.75, 3.05) is 0 Å². The maximum Gasteiger partial charge on any atom is 0.167 e. The molecule has 0 aliphatic rings. The normalized spacial score (nSPS) is 12.9. The van der Waals surface area contributed by atoms with Crippen LogP contribution in [0, 0.1) is 11.7 Å². The SMILES string of the molecule is CCCC(C)C(=O)c1c[nH]c2cc(F)ccc12. The van der Waals surface area contributed by atoms with E-state index in [1.54, 1.807) is 12.3 Å². The molecule has 2 rings (SSSR count). The zero-order valence-corrected chi connectivity index (χ0v) is 10.1. The van der Waals surface area contributed by atoms with Gasteiger partial charge >= 0.3 is 0 Å². The van der Waals surface area contributed by atoms with E-state index in [4.69, 9.17) is 0 Å². The predicted molar refractivity (Wildman–Crippen MR) is 66.7 cm³/mol. The Morgan fingerprint density at radius 3 is 2.94 bits per heavy atom. The molecule has 1 aromatic carbocycles. The van der Waals surface area contributed by atoms with Gasteiger partial charge in [-0.25, -0.2) is 4.39 Å². The van der Waals surface area contributed by atoms with Gasteiger partial charge in [0.25, 0.3) is 0 Å². The molecule has 17 heavy (non-hydrogen) atoms. The molecule has 0 fully saturated rings. The Morgan fingerprint density at radius 2 is 2.24 bits per heavy atom. The first kappa shape index (κ1) is 11.8. The van der Waals surface area contributed by atoms with Crippen LogP contribution in [0.2, 0.25) is 0 Å². The molecular weight excluding hydrogens is 217 g/mol. The molecule has 0 radical (unpaired) electrons. The molecule has 0 aliphatic heterocycles. The van der Waals surface area contributed by atoms with E-state index in [0.717, 1.165) is 18.2 Å². The van der Waals surface area contributed by atoms with Crippen LogP contribution in [0.1, 0.15) is 37.0 Å². The van der Waals surface area contributed by atoms with E-state index in [1.807, 2.05) is 6.92 Å². The van der Waals surface area contributed by atoms with E-state index in [-0.39, 0.29) is 17.5 Å². The van der Waals surface area contributed by atoms with Crippen LogP contribution in [-0.2, 0) is 0 Å². The highest BCUT2D eigenvalue weighted by atomic mass is 19.1. The summed E-state index contributed by atoms with van der Waals surface area (Å²) in [7, 11) is 0. The molecule has 90 valence electrons. The number of carbonyl (C=O) groups is 1. The summed E-state index contributed by atoms with van der Waals surface area (Å²) >= 11 is 0. The van der Waals surface area contributed by atoms with Crippen LogP contribution in [-0.4, -0.2) is 10.8 Å². The number of benzene rings is 1. The van der Waals surface area contributed by atoms with Crippen molar-refractivity contribution in [3.63, 3.8) is 0 Å². The van der Waals surface area contributed by atoms with Gasteiger partial charge < -0.3 is 4.98 Å². The van der Waals surface area contributed by atoms with Crippen molar-refractivity contribution >= 4 is 16.7 Å². The van der Waals surface area contributed by atoms with Gasteiger partial charge in [0.1, 0.15) is 5.82 Å². The third kappa shape index (κ3) is 2.23. The average molecular weight is 233 g/mol. The first-order valence-electron chi connectivity index (χ1n) is 5.94. The average Bonchev–Trinajstić information content (AvgIpc) is 2.71. The number of nitrogens with one attached hydrogen (secondary N) is 1. The van der Waals surface area contributed by atoms with Crippen molar-refractivity contribution in [2.24, 2.45) is 5.92 Å². The molecule has 0 saturated carbocycles. The summed E-state index contributed by atoms with van der Waals surface area (Å²) in [5, 5.41) is 0.805. The number of carbonyl (C=O) groups excluding carboxylic acids is 1. The lowest BCUT2D eigenvalue weighted by molar-refractivity contribution is 0.0925. The molecule has 1 N–H and O–H groups in total. The lowest BCUT2D eigenvalue weighted by Gasteiger charge is -2.07. The summed E-state index contributed by atoms with van der Waals surface area (Å²) < 4.78 is 13.0. The summed E-state index contributed by atoms with van der Waals surface area (Å²) in [6.07, 6.45) is 3.55. The quantitative estimate of drug-likeness (QED) is 0.797. The van der Waals surface area contributed by atoms with Gasteiger partial charge in [-0.1, -0.05) is 20.3 Å². The highest BCUT2D eigenvalue weighted by molar-refractivity contribution is 6.08. The zero-order chi connectivity index (χ0) is 12.4. The van der Waals surface area contributed by atoms with Crippen molar-refractivity contribution in [1.29, 1.82) is 0 Å². The Morgan fingerprint density at radius 1 is 1.47 bits per heavy atom. The number of halogens is 1. The minimum atomic E-state index is -0.292. The van der Waals surface area contributed by atoms with Crippen molar-refractivity contribution in [3.8, 4) is 0 Å². The summed E-state index contributed by atoms with van der Waals surface area (Å²) in [6, 6.07) is 4.46. The molecule has 1 unspecified atom stereocenters. The highest BCUT2D eigenvalue weighted by Crippen LogP contribution is 2.23. The zero-order valence-electron chi connectivity index (χ0n) is 10.1. The summed E-state index contributed by atoms with van der Waals surface area (Å²) in [5.74, 6) is -0.145. The molecule has 0 spiro atoms. The molecule has 2 nitrogen and oxygen atoms in total. The number of aromatic amines is 1. The molecule has 3 heteroatoms. The number of hydrogen-bond acceptors (Lipinski definition) is 1. The van der Waals surface area contributed by atoms with Crippen LogP contribution in [0.3, 0.4) is 0 Å². The van der Waals surface area contributed by atoms with E-state index >= 15 is 0 Å². The maximum atomic E-state index is 13.0. The second-order valence-corrected chi connectivity index (χ2v) is 4.45.